The molecular weight excluding hydrogens is 340 g/mol. The molecule has 0 fully saturated rings. The van der Waals surface area contributed by atoms with Gasteiger partial charge in [-0.25, -0.2) is 8.78 Å². The van der Waals surface area contributed by atoms with Crippen molar-refractivity contribution in [3.63, 3.8) is 0 Å². The highest BCUT2D eigenvalue weighted by Crippen LogP contribution is 2.30. The zero-order valence-electron chi connectivity index (χ0n) is 11.8. The standard InChI is InChI=1S/C16H16BrF2NO/c1-9-3-6-15(21-2)11(7-9)14(20)8-10-13(18)5-4-12(17)16(10)19/h3-7,14H,8,20H2,1-2H3. The van der Waals surface area contributed by atoms with Gasteiger partial charge in [-0.15, -0.1) is 0 Å². The highest BCUT2D eigenvalue weighted by Gasteiger charge is 2.19. The molecule has 5 heteroatoms. The number of rotatable bonds is 4. The quantitative estimate of drug-likeness (QED) is 0.830. The van der Waals surface area contributed by atoms with Crippen LogP contribution < -0.4 is 10.5 Å². The van der Waals surface area contributed by atoms with E-state index < -0.39 is 17.7 Å². The molecule has 0 saturated heterocycles. The molecule has 0 aliphatic heterocycles. The van der Waals surface area contributed by atoms with E-state index in [0.717, 1.165) is 11.1 Å². The van der Waals surface area contributed by atoms with E-state index >= 15 is 0 Å². The van der Waals surface area contributed by atoms with Gasteiger partial charge in [-0.05, 0) is 47.5 Å². The summed E-state index contributed by atoms with van der Waals surface area (Å²) >= 11 is 3.06. The summed E-state index contributed by atoms with van der Waals surface area (Å²) in [6, 6.07) is 7.58. The monoisotopic (exact) mass is 355 g/mol. The Kier molecular flexibility index (Phi) is 4.96. The fourth-order valence-electron chi connectivity index (χ4n) is 2.23. The fourth-order valence-corrected chi connectivity index (χ4v) is 2.60. The third kappa shape index (κ3) is 3.41. The van der Waals surface area contributed by atoms with Crippen LogP contribution in [0.5, 0.6) is 5.75 Å². The third-order valence-corrected chi connectivity index (χ3v) is 3.96. The smallest absolute Gasteiger partial charge is 0.143 e. The van der Waals surface area contributed by atoms with Gasteiger partial charge in [-0.2, -0.15) is 0 Å². The van der Waals surface area contributed by atoms with Crippen molar-refractivity contribution in [2.75, 3.05) is 7.11 Å². The Labute approximate surface area is 131 Å². The van der Waals surface area contributed by atoms with Crippen LogP contribution in [0.25, 0.3) is 0 Å². The van der Waals surface area contributed by atoms with Crippen LogP contribution in [-0.2, 0) is 6.42 Å². The first-order chi connectivity index (χ1) is 9.93. The van der Waals surface area contributed by atoms with E-state index in [4.69, 9.17) is 10.5 Å². The van der Waals surface area contributed by atoms with E-state index in [1.54, 1.807) is 13.2 Å². The Hall–Kier alpha value is -1.46. The lowest BCUT2D eigenvalue weighted by Crippen LogP contribution is -2.16. The van der Waals surface area contributed by atoms with Crippen LogP contribution in [-0.4, -0.2) is 7.11 Å². The minimum absolute atomic E-state index is 0.0274. The average molecular weight is 356 g/mol. The highest BCUT2D eigenvalue weighted by molar-refractivity contribution is 9.10. The summed E-state index contributed by atoms with van der Waals surface area (Å²) in [6.07, 6.45) is 0.0525. The first kappa shape index (κ1) is 15.9. The topological polar surface area (TPSA) is 35.2 Å². The van der Waals surface area contributed by atoms with Gasteiger partial charge in [0.25, 0.3) is 0 Å². The Morgan fingerprint density at radius 1 is 1.24 bits per heavy atom. The maximum atomic E-state index is 14.0. The van der Waals surface area contributed by atoms with Crippen LogP contribution in [0.15, 0.2) is 34.8 Å². The Balaban J connectivity index is 2.37. The van der Waals surface area contributed by atoms with Gasteiger partial charge in [0.2, 0.25) is 0 Å². The van der Waals surface area contributed by atoms with Crippen LogP contribution in [0, 0.1) is 18.6 Å². The van der Waals surface area contributed by atoms with Gasteiger partial charge in [-0.1, -0.05) is 17.7 Å². The zero-order chi connectivity index (χ0) is 15.6. The molecule has 2 rings (SSSR count). The third-order valence-electron chi connectivity index (χ3n) is 3.35. The molecule has 112 valence electrons. The first-order valence-corrected chi connectivity index (χ1v) is 7.25. The van der Waals surface area contributed by atoms with Crippen molar-refractivity contribution in [1.29, 1.82) is 0 Å². The van der Waals surface area contributed by atoms with Crippen molar-refractivity contribution in [2.24, 2.45) is 5.73 Å². The molecule has 0 aliphatic carbocycles. The van der Waals surface area contributed by atoms with Crippen molar-refractivity contribution >= 4 is 15.9 Å². The molecule has 0 aliphatic rings. The molecule has 0 radical (unpaired) electrons. The SMILES string of the molecule is COc1ccc(C)cc1C(N)Cc1c(F)ccc(Br)c1F. The van der Waals surface area contributed by atoms with Crippen LogP contribution in [0.2, 0.25) is 0 Å². The predicted molar refractivity (Wildman–Crippen MR) is 82.4 cm³/mol. The maximum absolute atomic E-state index is 14.0. The van der Waals surface area contributed by atoms with Gasteiger partial charge < -0.3 is 10.5 Å². The minimum Gasteiger partial charge on any atom is -0.496 e. The molecule has 2 aromatic rings. The van der Waals surface area contributed by atoms with E-state index in [0.29, 0.717) is 5.75 Å². The van der Waals surface area contributed by atoms with Crippen LogP contribution in [0.3, 0.4) is 0 Å². The van der Waals surface area contributed by atoms with Crippen molar-refractivity contribution in [1.82, 2.24) is 0 Å². The number of nitrogens with two attached hydrogens (primary N) is 1. The van der Waals surface area contributed by atoms with Gasteiger partial charge in [-0.3, -0.25) is 0 Å². The van der Waals surface area contributed by atoms with Gasteiger partial charge >= 0.3 is 0 Å². The van der Waals surface area contributed by atoms with Crippen molar-refractivity contribution < 1.29 is 13.5 Å². The molecule has 2 N–H and O–H groups in total. The second-order valence-corrected chi connectivity index (χ2v) is 5.73. The number of halogens is 3. The molecule has 1 unspecified atom stereocenters. The predicted octanol–water partition coefficient (Wildman–Crippen LogP) is 4.29. The molecule has 1 atom stereocenters. The molecule has 21 heavy (non-hydrogen) atoms. The van der Waals surface area contributed by atoms with E-state index in [-0.39, 0.29) is 16.5 Å². The van der Waals surface area contributed by atoms with E-state index in [9.17, 15) is 8.78 Å². The largest absolute Gasteiger partial charge is 0.496 e. The number of hydrogen-bond donors (Lipinski definition) is 1. The van der Waals surface area contributed by atoms with Gasteiger partial charge in [0.15, 0.2) is 0 Å². The lowest BCUT2D eigenvalue weighted by atomic mass is 9.97. The molecule has 0 saturated carbocycles. The number of hydrogen-bond acceptors (Lipinski definition) is 2. The van der Waals surface area contributed by atoms with E-state index in [1.165, 1.54) is 12.1 Å². The average Bonchev–Trinajstić information content (AvgIpc) is 2.47. The second kappa shape index (κ2) is 6.54. The van der Waals surface area contributed by atoms with Crippen LogP contribution in [0.1, 0.15) is 22.7 Å². The summed E-state index contributed by atoms with van der Waals surface area (Å²) in [5.41, 5.74) is 7.85. The number of ether oxygens (including phenoxy) is 1. The van der Waals surface area contributed by atoms with Crippen LogP contribution >= 0.6 is 15.9 Å². The van der Waals surface area contributed by atoms with E-state index in [1.807, 2.05) is 19.1 Å². The molecule has 0 aromatic heterocycles. The Morgan fingerprint density at radius 3 is 2.62 bits per heavy atom. The maximum Gasteiger partial charge on any atom is 0.143 e. The summed E-state index contributed by atoms with van der Waals surface area (Å²) < 4.78 is 33.3. The highest BCUT2D eigenvalue weighted by atomic mass is 79.9. The Morgan fingerprint density at radius 2 is 1.95 bits per heavy atom. The van der Waals surface area contributed by atoms with Crippen molar-refractivity contribution in [3.8, 4) is 5.75 Å². The molecule has 0 heterocycles. The summed E-state index contributed by atoms with van der Waals surface area (Å²) in [7, 11) is 1.54. The van der Waals surface area contributed by atoms with Crippen LogP contribution in [0.4, 0.5) is 8.78 Å². The minimum atomic E-state index is -0.614. The first-order valence-electron chi connectivity index (χ1n) is 6.46. The number of aryl methyl sites for hydroxylation is 1. The number of benzene rings is 2. The van der Waals surface area contributed by atoms with E-state index in [2.05, 4.69) is 15.9 Å². The van der Waals surface area contributed by atoms with Gasteiger partial charge in [0, 0.05) is 17.2 Å². The normalized spacial score (nSPS) is 12.3. The van der Waals surface area contributed by atoms with Gasteiger partial charge in [0.05, 0.1) is 11.6 Å². The summed E-state index contributed by atoms with van der Waals surface area (Å²) in [4.78, 5) is 0. The molecule has 0 bridgehead atoms. The summed E-state index contributed by atoms with van der Waals surface area (Å²) in [6.45, 7) is 1.93. The molecule has 0 amide bonds. The number of methoxy groups -OCH3 is 1. The lowest BCUT2D eigenvalue weighted by molar-refractivity contribution is 0.404. The Bertz CT molecular complexity index is 661. The lowest BCUT2D eigenvalue weighted by Gasteiger charge is -2.17. The summed E-state index contributed by atoms with van der Waals surface area (Å²) in [5, 5.41) is 0. The molecule has 0 spiro atoms. The second-order valence-electron chi connectivity index (χ2n) is 4.88. The molecule has 2 nitrogen and oxygen atoms in total. The molecular formula is C16H16BrF2NO. The molecule has 2 aromatic carbocycles. The summed E-state index contributed by atoms with van der Waals surface area (Å²) in [5.74, 6) is -0.598. The van der Waals surface area contributed by atoms with Crippen molar-refractivity contribution in [3.05, 3.63) is 63.1 Å². The van der Waals surface area contributed by atoms with Crippen molar-refractivity contribution in [2.45, 2.75) is 19.4 Å². The fraction of sp³-hybridized carbons (Fsp3) is 0.250. The van der Waals surface area contributed by atoms with Gasteiger partial charge in [0.1, 0.15) is 17.4 Å². The zero-order valence-corrected chi connectivity index (χ0v) is 13.4.